The Morgan fingerprint density at radius 3 is 1.83 bits per heavy atom. The quantitative estimate of drug-likeness (QED) is 0.187. The van der Waals surface area contributed by atoms with Crippen LogP contribution in [-0.2, 0) is 41.1 Å². The van der Waals surface area contributed by atoms with Gasteiger partial charge in [-0.15, -0.1) is 0 Å². The van der Waals surface area contributed by atoms with Crippen LogP contribution in [-0.4, -0.2) is 68.6 Å². The molecule has 0 radical (unpaired) electrons. The number of carbonyl (C=O) groups is 2. The smallest absolute Gasteiger partial charge is 0.349 e. The van der Waals surface area contributed by atoms with E-state index >= 15 is 0 Å². The van der Waals surface area contributed by atoms with Crippen LogP contribution >= 0.6 is 0 Å². The van der Waals surface area contributed by atoms with E-state index < -0.39 is 96.9 Å². The molecular formula is C35H30F9N3O5S. The zero-order chi connectivity index (χ0) is 39.2. The molecule has 0 aromatic heterocycles. The van der Waals surface area contributed by atoms with Crippen molar-refractivity contribution in [3.63, 3.8) is 0 Å². The molecule has 53 heavy (non-hydrogen) atoms. The highest BCUT2D eigenvalue weighted by atomic mass is 32.2. The predicted molar refractivity (Wildman–Crippen MR) is 167 cm³/mol. The first-order valence-electron chi connectivity index (χ1n) is 15.9. The van der Waals surface area contributed by atoms with Gasteiger partial charge in [0.25, 0.3) is 5.60 Å². The van der Waals surface area contributed by atoms with E-state index in [1.165, 1.54) is 11.8 Å². The molecule has 0 bridgehead atoms. The van der Waals surface area contributed by atoms with E-state index in [0.29, 0.717) is 36.4 Å². The van der Waals surface area contributed by atoms with Crippen LogP contribution in [0.1, 0.15) is 42.9 Å². The third-order valence-electron chi connectivity index (χ3n) is 9.95. The highest BCUT2D eigenvalue weighted by Crippen LogP contribution is 2.54. The van der Waals surface area contributed by atoms with Crippen LogP contribution in [0.25, 0.3) is 0 Å². The van der Waals surface area contributed by atoms with E-state index in [1.807, 2.05) is 6.07 Å². The van der Waals surface area contributed by atoms with Gasteiger partial charge in [-0.2, -0.15) is 31.6 Å². The Bertz CT molecular complexity index is 1990. The second kappa shape index (κ2) is 14.0. The first-order chi connectivity index (χ1) is 24.7. The maximum absolute atomic E-state index is 14.6. The SMILES string of the molecule is CC(=O)N1CCC(C#N)(C(=O)N2CCC(c3ccc(C(OCc4c(F)cccc4F)(C(F)(F)F)C(F)(F)F)cc3)(S(=O)(=O)c3ccc(F)cc3)C2)CC1. The number of sulfone groups is 1. The number of halogens is 9. The highest BCUT2D eigenvalue weighted by molar-refractivity contribution is 7.92. The summed E-state index contributed by atoms with van der Waals surface area (Å²) in [6.07, 6.45) is -13.2. The van der Waals surface area contributed by atoms with Crippen LogP contribution < -0.4 is 0 Å². The molecule has 1 unspecified atom stereocenters. The minimum absolute atomic E-state index is 0.0503. The third kappa shape index (κ3) is 6.73. The van der Waals surface area contributed by atoms with Crippen LogP contribution in [0.15, 0.2) is 71.6 Å². The van der Waals surface area contributed by atoms with Crippen molar-refractivity contribution in [2.45, 2.75) is 60.4 Å². The summed E-state index contributed by atoms with van der Waals surface area (Å²) in [6.45, 7) is -1.40. The first-order valence-corrected chi connectivity index (χ1v) is 17.4. The van der Waals surface area contributed by atoms with E-state index in [2.05, 4.69) is 4.74 Å². The van der Waals surface area contributed by atoms with E-state index in [1.54, 1.807) is 0 Å². The zero-order valence-corrected chi connectivity index (χ0v) is 28.5. The molecule has 2 aliphatic rings. The molecule has 8 nitrogen and oxygen atoms in total. The van der Waals surface area contributed by atoms with Crippen molar-refractivity contribution >= 4 is 21.7 Å². The Morgan fingerprint density at radius 1 is 0.811 bits per heavy atom. The normalized spacial score (nSPS) is 19.6. The molecule has 0 N–H and O–H groups in total. The van der Waals surface area contributed by atoms with E-state index in [-0.39, 0.29) is 43.9 Å². The maximum Gasteiger partial charge on any atom is 0.430 e. The second-order valence-electron chi connectivity index (χ2n) is 12.9. The molecule has 2 amide bonds. The molecule has 0 aliphatic carbocycles. The molecule has 0 saturated carbocycles. The molecule has 2 saturated heterocycles. The highest BCUT2D eigenvalue weighted by Gasteiger charge is 2.73. The van der Waals surface area contributed by atoms with Crippen LogP contribution in [0.5, 0.6) is 0 Å². The van der Waals surface area contributed by atoms with Gasteiger partial charge < -0.3 is 14.5 Å². The molecule has 2 aliphatic heterocycles. The average molecular weight is 776 g/mol. The lowest BCUT2D eigenvalue weighted by Gasteiger charge is -2.39. The number of hydrogen-bond donors (Lipinski definition) is 0. The molecule has 0 spiro atoms. The van der Waals surface area contributed by atoms with E-state index in [0.717, 1.165) is 35.2 Å². The fourth-order valence-corrected chi connectivity index (χ4v) is 8.96. The summed E-state index contributed by atoms with van der Waals surface area (Å²) >= 11 is 0. The summed E-state index contributed by atoms with van der Waals surface area (Å²) in [5.74, 6) is -4.81. The van der Waals surface area contributed by atoms with E-state index in [4.69, 9.17) is 0 Å². The van der Waals surface area contributed by atoms with Crippen LogP contribution in [0.4, 0.5) is 39.5 Å². The molecule has 3 aromatic rings. The lowest BCUT2D eigenvalue weighted by molar-refractivity contribution is -0.392. The number of piperidine rings is 1. The molecule has 2 heterocycles. The molecule has 284 valence electrons. The number of nitrogens with zero attached hydrogens (tertiary/aromatic N) is 3. The van der Waals surface area contributed by atoms with Gasteiger partial charge in [-0.25, -0.2) is 21.6 Å². The van der Waals surface area contributed by atoms with Crippen molar-refractivity contribution in [1.82, 2.24) is 9.80 Å². The summed E-state index contributed by atoms with van der Waals surface area (Å²) in [4.78, 5) is 27.8. The molecule has 5 rings (SSSR count). The number of hydrogen-bond acceptors (Lipinski definition) is 6. The van der Waals surface area contributed by atoms with Gasteiger partial charge in [0.1, 0.15) is 27.6 Å². The zero-order valence-electron chi connectivity index (χ0n) is 27.7. The van der Waals surface area contributed by atoms with Crippen molar-refractivity contribution in [3.8, 4) is 6.07 Å². The number of alkyl halides is 6. The minimum Gasteiger partial charge on any atom is -0.349 e. The Kier molecular flexibility index (Phi) is 10.4. The lowest BCUT2D eigenvalue weighted by Crippen LogP contribution is -2.56. The van der Waals surface area contributed by atoms with Crippen molar-refractivity contribution in [2.75, 3.05) is 26.2 Å². The van der Waals surface area contributed by atoms with Gasteiger partial charge in [0, 0.05) is 44.2 Å². The molecule has 18 heteroatoms. The van der Waals surface area contributed by atoms with Crippen molar-refractivity contribution < 1.29 is 62.3 Å². The van der Waals surface area contributed by atoms with Crippen LogP contribution in [0.3, 0.4) is 0 Å². The maximum atomic E-state index is 14.6. The van der Waals surface area contributed by atoms with Gasteiger partial charge in [0.05, 0.1) is 17.6 Å². The number of likely N-dealkylation sites (tertiary alicyclic amines) is 2. The summed E-state index contributed by atoms with van der Waals surface area (Å²) in [7, 11) is -4.73. The summed E-state index contributed by atoms with van der Waals surface area (Å²) in [5, 5.41) is 10.1. The molecule has 2 fully saturated rings. The van der Waals surface area contributed by atoms with Crippen LogP contribution in [0.2, 0.25) is 0 Å². The number of rotatable bonds is 8. The fourth-order valence-electron chi connectivity index (χ4n) is 6.88. The summed E-state index contributed by atoms with van der Waals surface area (Å²) in [6, 6.07) is 9.57. The van der Waals surface area contributed by atoms with E-state index in [9.17, 15) is 62.8 Å². The predicted octanol–water partition coefficient (Wildman–Crippen LogP) is 6.69. The minimum atomic E-state index is -6.27. The first kappa shape index (κ1) is 39.6. The average Bonchev–Trinajstić information content (AvgIpc) is 3.56. The van der Waals surface area contributed by atoms with Gasteiger partial charge in [-0.3, -0.25) is 9.59 Å². The third-order valence-corrected chi connectivity index (χ3v) is 12.4. The van der Waals surface area contributed by atoms with Crippen molar-refractivity contribution in [3.05, 3.63) is 101 Å². The van der Waals surface area contributed by atoms with Crippen molar-refractivity contribution in [1.29, 1.82) is 5.26 Å². The number of benzene rings is 3. The summed E-state index contributed by atoms with van der Waals surface area (Å²) < 4.78 is 161. The monoisotopic (exact) mass is 775 g/mol. The van der Waals surface area contributed by atoms with Gasteiger partial charge in [-0.05, 0) is 61.2 Å². The molecule has 1 atom stereocenters. The summed E-state index contributed by atoms with van der Waals surface area (Å²) in [5.41, 5.74) is -9.97. The van der Waals surface area contributed by atoms with Gasteiger partial charge in [0.15, 0.2) is 9.84 Å². The number of nitriles is 1. The van der Waals surface area contributed by atoms with Gasteiger partial charge in [0.2, 0.25) is 11.8 Å². The Hall–Kier alpha value is -4.63. The van der Waals surface area contributed by atoms with Crippen molar-refractivity contribution in [2.24, 2.45) is 5.41 Å². The number of amides is 2. The van der Waals surface area contributed by atoms with Gasteiger partial charge >= 0.3 is 12.4 Å². The number of carbonyl (C=O) groups excluding carboxylic acids is 2. The topological polar surface area (TPSA) is 108 Å². The largest absolute Gasteiger partial charge is 0.430 e. The standard InChI is InChI=1S/C35H30F9N3O5S/c1-22(48)46-16-13-31(20-45,14-17-46)30(49)47-18-15-32(21-47,53(50,51)26-11-9-25(36)10-12-26)23-5-7-24(8-6-23)33(34(39,40)41,35(42,43)44)52-19-27-28(37)3-2-4-29(27)38/h2-12H,13-19,21H2,1H3. The lowest BCUT2D eigenvalue weighted by atomic mass is 9.78. The van der Waals surface area contributed by atoms with Gasteiger partial charge in [-0.1, -0.05) is 30.3 Å². The molecular weight excluding hydrogens is 745 g/mol. The number of ether oxygens (including phenoxy) is 1. The van der Waals surface area contributed by atoms with Crippen LogP contribution in [0, 0.1) is 34.2 Å². The Labute approximate surface area is 297 Å². The Morgan fingerprint density at radius 2 is 1.34 bits per heavy atom. The molecule has 3 aromatic carbocycles. The Balaban J connectivity index is 1.59. The second-order valence-corrected chi connectivity index (χ2v) is 15.1. The fraction of sp³-hybridized carbons (Fsp3) is 0.400.